The van der Waals surface area contributed by atoms with Crippen LogP contribution in [0.1, 0.15) is 28.4 Å². The summed E-state index contributed by atoms with van der Waals surface area (Å²) in [5.74, 6) is -2.31. The van der Waals surface area contributed by atoms with Crippen LogP contribution in [-0.4, -0.2) is 14.5 Å². The van der Waals surface area contributed by atoms with Crippen molar-refractivity contribution in [3.8, 4) is 11.8 Å². The van der Waals surface area contributed by atoms with E-state index in [4.69, 9.17) is 14.6 Å². The zero-order valence-corrected chi connectivity index (χ0v) is 13.7. The molecule has 0 spiro atoms. The van der Waals surface area contributed by atoms with Gasteiger partial charge >= 0.3 is 0 Å². The van der Waals surface area contributed by atoms with Crippen molar-refractivity contribution in [2.24, 2.45) is 0 Å². The summed E-state index contributed by atoms with van der Waals surface area (Å²) in [5.41, 5.74) is 0.423. The van der Waals surface area contributed by atoms with Crippen LogP contribution in [0.2, 0.25) is 0 Å². The Morgan fingerprint density at radius 3 is 2.64 bits per heavy atom. The average Bonchev–Trinajstić information content (AvgIpc) is 2.53. The molecule has 0 saturated carbocycles. The average molecular weight is 366 g/mol. The first kappa shape index (κ1) is 18.5. The van der Waals surface area contributed by atoms with Gasteiger partial charge in [0.15, 0.2) is 17.3 Å². The number of carbonyl (C=O) groups is 1. The minimum atomic E-state index is -2.44. The monoisotopic (exact) mass is 366 g/mol. The minimum Gasteiger partial charge on any atom is -0.486 e. The summed E-state index contributed by atoms with van der Waals surface area (Å²) in [7, 11) is 0. The molecule has 1 unspecified atom stereocenters. The van der Waals surface area contributed by atoms with Gasteiger partial charge in [-0.25, -0.2) is 13.0 Å². The number of nitrogens with zero attached hydrogens (tertiary/aromatic N) is 1. The van der Waals surface area contributed by atoms with Crippen LogP contribution >= 0.6 is 0 Å². The van der Waals surface area contributed by atoms with E-state index in [0.29, 0.717) is 6.07 Å². The number of Topliss-reactive ketones (excluding diaryl/α,β-unsaturated/α-hetero) is 1. The number of anilines is 1. The third kappa shape index (κ3) is 4.59. The molecule has 2 aromatic carbocycles. The lowest BCUT2D eigenvalue weighted by atomic mass is 10.0. The molecule has 0 saturated heterocycles. The zero-order chi connectivity index (χ0) is 18.6. The van der Waals surface area contributed by atoms with Crippen LogP contribution in [0.4, 0.5) is 14.5 Å². The van der Waals surface area contributed by atoms with Crippen LogP contribution in [0.3, 0.4) is 0 Å². The fraction of sp³-hybridized carbons (Fsp3) is 0.125. The van der Waals surface area contributed by atoms with Gasteiger partial charge in [-0.15, -0.1) is 0 Å². The Bertz CT molecular complexity index is 896. The second-order valence-corrected chi connectivity index (χ2v) is 5.64. The Morgan fingerprint density at radius 1 is 1.36 bits per heavy atom. The van der Waals surface area contributed by atoms with E-state index in [-0.39, 0.29) is 34.7 Å². The molecule has 25 heavy (non-hydrogen) atoms. The summed E-state index contributed by atoms with van der Waals surface area (Å²) in [6.45, 7) is 0.967. The van der Waals surface area contributed by atoms with Gasteiger partial charge in [-0.1, -0.05) is 0 Å². The highest BCUT2D eigenvalue weighted by molar-refractivity contribution is 7.80. The molecule has 0 aliphatic heterocycles. The van der Waals surface area contributed by atoms with Gasteiger partial charge in [0.2, 0.25) is 0 Å². The molecule has 0 aliphatic rings. The largest absolute Gasteiger partial charge is 0.486 e. The van der Waals surface area contributed by atoms with Crippen molar-refractivity contribution in [2.45, 2.75) is 13.5 Å². The predicted molar refractivity (Wildman–Crippen MR) is 86.2 cm³/mol. The summed E-state index contributed by atoms with van der Waals surface area (Å²) in [6, 6.07) is 7.15. The van der Waals surface area contributed by atoms with Gasteiger partial charge in [-0.2, -0.15) is 5.26 Å². The van der Waals surface area contributed by atoms with Crippen LogP contribution in [0.5, 0.6) is 5.75 Å². The lowest BCUT2D eigenvalue weighted by molar-refractivity contribution is 0.101. The molecule has 0 heterocycles. The number of halogens is 2. The van der Waals surface area contributed by atoms with Gasteiger partial charge in [0.25, 0.3) is 11.3 Å². The number of benzene rings is 2. The van der Waals surface area contributed by atoms with Crippen LogP contribution in [0, 0.1) is 23.0 Å². The van der Waals surface area contributed by atoms with Crippen molar-refractivity contribution in [3.05, 3.63) is 58.7 Å². The Morgan fingerprint density at radius 2 is 2.08 bits per heavy atom. The van der Waals surface area contributed by atoms with Crippen molar-refractivity contribution in [1.29, 1.82) is 5.26 Å². The number of rotatable bonds is 6. The first-order valence-corrected chi connectivity index (χ1v) is 7.95. The number of nitrogens with one attached hydrogen (secondary N) is 1. The summed E-state index contributed by atoms with van der Waals surface area (Å²) in [5, 5.41) is 9.15. The lowest BCUT2D eigenvalue weighted by Crippen LogP contribution is -2.10. The maximum Gasteiger partial charge on any atom is 0.259 e. The van der Waals surface area contributed by atoms with E-state index in [1.54, 1.807) is 0 Å². The number of hydrogen-bond donors (Lipinski definition) is 2. The first-order chi connectivity index (χ1) is 11.8. The highest BCUT2D eigenvalue weighted by atomic mass is 32.2. The Hall–Kier alpha value is -2.83. The second kappa shape index (κ2) is 7.83. The maximum absolute atomic E-state index is 13.6. The van der Waals surface area contributed by atoms with E-state index in [0.717, 1.165) is 12.1 Å². The van der Waals surface area contributed by atoms with Gasteiger partial charge in [-0.05, 0) is 31.2 Å². The van der Waals surface area contributed by atoms with Gasteiger partial charge < -0.3 is 4.74 Å². The number of hydrogen-bond acceptors (Lipinski definition) is 4. The van der Waals surface area contributed by atoms with Gasteiger partial charge in [-0.3, -0.25) is 14.1 Å². The molecule has 9 heteroatoms. The minimum absolute atomic E-state index is 0.0416. The first-order valence-electron chi connectivity index (χ1n) is 6.85. The molecule has 1 atom stereocenters. The number of ether oxygens (including phenoxy) is 1. The van der Waals surface area contributed by atoms with E-state index >= 15 is 0 Å². The quantitative estimate of drug-likeness (QED) is 0.604. The highest BCUT2D eigenvalue weighted by Gasteiger charge is 2.15. The molecule has 6 nitrogen and oxygen atoms in total. The van der Waals surface area contributed by atoms with Crippen LogP contribution < -0.4 is 9.46 Å². The third-order valence-electron chi connectivity index (χ3n) is 3.22. The molecule has 130 valence electrons. The SMILES string of the molecule is CC(=O)c1cc(NS(=O)O)c(COc2ccc(F)cc2F)cc1C#N. The number of nitriles is 1. The number of carbonyl (C=O) groups excluding carboxylic acids is 1. The van der Waals surface area contributed by atoms with Gasteiger partial charge in [0.1, 0.15) is 12.4 Å². The summed E-state index contributed by atoms with van der Waals surface area (Å²) in [6.07, 6.45) is 0. The fourth-order valence-electron chi connectivity index (χ4n) is 2.08. The summed E-state index contributed by atoms with van der Waals surface area (Å²) >= 11 is -2.44. The third-order valence-corrected chi connectivity index (χ3v) is 3.61. The van der Waals surface area contributed by atoms with E-state index in [2.05, 4.69) is 4.72 Å². The van der Waals surface area contributed by atoms with E-state index < -0.39 is 28.7 Å². The molecule has 0 aromatic heterocycles. The van der Waals surface area contributed by atoms with E-state index in [1.165, 1.54) is 19.1 Å². The lowest BCUT2D eigenvalue weighted by Gasteiger charge is -2.14. The van der Waals surface area contributed by atoms with Crippen LogP contribution in [-0.2, 0) is 17.9 Å². The number of ketones is 1. The van der Waals surface area contributed by atoms with Crippen molar-refractivity contribution >= 4 is 22.7 Å². The summed E-state index contributed by atoms with van der Waals surface area (Å²) < 4.78 is 54.0. The maximum atomic E-state index is 13.6. The second-order valence-electron chi connectivity index (χ2n) is 4.94. The van der Waals surface area contributed by atoms with Gasteiger partial charge in [0.05, 0.1) is 17.3 Å². The Balaban J connectivity index is 2.39. The molecule has 0 fully saturated rings. The molecule has 0 bridgehead atoms. The van der Waals surface area contributed by atoms with Gasteiger partial charge in [0, 0.05) is 17.2 Å². The Labute approximate surface area is 144 Å². The zero-order valence-electron chi connectivity index (χ0n) is 12.9. The van der Waals surface area contributed by atoms with E-state index in [1.807, 2.05) is 6.07 Å². The van der Waals surface area contributed by atoms with Crippen molar-refractivity contribution in [3.63, 3.8) is 0 Å². The fourth-order valence-corrected chi connectivity index (χ4v) is 2.46. The standard InChI is InChI=1S/C16H12F2N2O4S/c1-9(21)13-6-15(20-25(22)23)11(4-10(13)7-19)8-24-16-3-2-12(17)5-14(16)18/h2-6,20H,8H2,1H3,(H,22,23). The van der Waals surface area contributed by atoms with Crippen molar-refractivity contribution in [2.75, 3.05) is 4.72 Å². The Kier molecular flexibility index (Phi) is 5.80. The smallest absolute Gasteiger partial charge is 0.259 e. The molecule has 2 aromatic rings. The van der Waals surface area contributed by atoms with Crippen LogP contribution in [0.15, 0.2) is 30.3 Å². The summed E-state index contributed by atoms with van der Waals surface area (Å²) in [4.78, 5) is 11.6. The van der Waals surface area contributed by atoms with Crippen molar-refractivity contribution in [1.82, 2.24) is 0 Å². The molecule has 0 aliphatic carbocycles. The highest BCUT2D eigenvalue weighted by Crippen LogP contribution is 2.25. The normalized spacial score (nSPS) is 11.5. The molecule has 0 radical (unpaired) electrons. The van der Waals surface area contributed by atoms with Crippen molar-refractivity contribution < 1.29 is 27.1 Å². The van der Waals surface area contributed by atoms with Crippen LogP contribution in [0.25, 0.3) is 0 Å². The molecule has 2 rings (SSSR count). The topological polar surface area (TPSA) is 99.4 Å². The molecule has 0 amide bonds. The van der Waals surface area contributed by atoms with E-state index in [9.17, 15) is 17.8 Å². The molecule has 2 N–H and O–H groups in total. The molecular formula is C16H12F2N2O4S. The predicted octanol–water partition coefficient (Wildman–Crippen LogP) is 3.17. The molecular weight excluding hydrogens is 354 g/mol.